The Morgan fingerprint density at radius 2 is 1.60 bits per heavy atom. The SMILES string of the molecule is CN(C)C1(c2ccccc2)CCC2(CC1)c1[nH]c3ccccc3c1CCN2C(=O)c1cc(F)cc(C(F)(F)F)c1. The molecule has 1 aliphatic carbocycles. The molecule has 1 saturated carbocycles. The smallest absolute Gasteiger partial charge is 0.356 e. The van der Waals surface area contributed by atoms with Crippen LogP contribution in [0, 0.1) is 5.82 Å². The van der Waals surface area contributed by atoms with E-state index in [0.717, 1.165) is 47.1 Å². The Morgan fingerprint density at radius 1 is 0.925 bits per heavy atom. The van der Waals surface area contributed by atoms with Gasteiger partial charge in [0.1, 0.15) is 5.82 Å². The summed E-state index contributed by atoms with van der Waals surface area (Å²) >= 11 is 0. The molecule has 1 N–H and O–H groups in total. The predicted molar refractivity (Wildman–Crippen MR) is 146 cm³/mol. The molecular weight excluding hydrogens is 518 g/mol. The van der Waals surface area contributed by atoms with Crippen molar-refractivity contribution in [3.8, 4) is 0 Å². The van der Waals surface area contributed by atoms with Crippen LogP contribution in [-0.2, 0) is 23.7 Å². The van der Waals surface area contributed by atoms with Gasteiger partial charge < -0.3 is 9.88 Å². The molecule has 208 valence electrons. The molecule has 1 fully saturated rings. The first-order chi connectivity index (χ1) is 19.0. The first-order valence-corrected chi connectivity index (χ1v) is 13.6. The number of H-pyrrole nitrogens is 1. The van der Waals surface area contributed by atoms with E-state index >= 15 is 0 Å². The van der Waals surface area contributed by atoms with Gasteiger partial charge in [0.15, 0.2) is 0 Å². The second-order valence-corrected chi connectivity index (χ2v) is 11.3. The standard InChI is InChI=1S/C32H31F4N3O/c1-38(2)30(22-8-4-3-5-9-22)13-15-31(16-14-30)28-26(25-10-6-7-11-27(25)37-28)12-17-39(31)29(40)21-18-23(32(34,35)36)20-24(33)19-21/h3-11,18-20,37H,12-17H2,1-2H3. The number of nitrogens with one attached hydrogen (secondary N) is 1. The fourth-order valence-electron chi connectivity index (χ4n) is 7.10. The first kappa shape index (κ1) is 26.6. The lowest BCUT2D eigenvalue weighted by molar-refractivity contribution is -0.137. The molecule has 0 atom stereocenters. The largest absolute Gasteiger partial charge is 0.416 e. The Bertz CT molecular complexity index is 1570. The number of carbonyl (C=O) groups excluding carboxylic acids is 1. The van der Waals surface area contributed by atoms with Crippen molar-refractivity contribution in [2.24, 2.45) is 0 Å². The molecule has 4 nitrogen and oxygen atoms in total. The number of rotatable bonds is 3. The lowest BCUT2D eigenvalue weighted by atomic mass is 9.65. The fraction of sp³-hybridized carbons (Fsp3) is 0.344. The van der Waals surface area contributed by atoms with Crippen molar-refractivity contribution in [3.63, 3.8) is 0 Å². The minimum Gasteiger partial charge on any atom is -0.356 e. The summed E-state index contributed by atoms with van der Waals surface area (Å²) < 4.78 is 55.0. The Balaban J connectivity index is 1.47. The molecule has 1 aromatic heterocycles. The number of aromatic amines is 1. The topological polar surface area (TPSA) is 39.3 Å². The zero-order chi connectivity index (χ0) is 28.3. The van der Waals surface area contributed by atoms with Gasteiger partial charge in [-0.05, 0) is 81.6 Å². The van der Waals surface area contributed by atoms with Crippen LogP contribution in [0.1, 0.15) is 58.4 Å². The van der Waals surface area contributed by atoms with Gasteiger partial charge in [-0.3, -0.25) is 9.69 Å². The van der Waals surface area contributed by atoms with Crippen LogP contribution in [0.5, 0.6) is 0 Å². The maximum atomic E-state index is 14.4. The van der Waals surface area contributed by atoms with E-state index in [4.69, 9.17) is 0 Å². The van der Waals surface area contributed by atoms with Crippen LogP contribution in [0.4, 0.5) is 17.6 Å². The van der Waals surface area contributed by atoms with Crippen molar-refractivity contribution in [1.82, 2.24) is 14.8 Å². The number of fused-ring (bicyclic) bond motifs is 4. The summed E-state index contributed by atoms with van der Waals surface area (Å²) in [6.07, 6.45) is -1.52. The molecule has 4 aromatic rings. The number of nitrogens with zero attached hydrogens (tertiary/aromatic N) is 2. The third kappa shape index (κ3) is 4.12. The Labute approximate surface area is 230 Å². The van der Waals surface area contributed by atoms with Gasteiger partial charge in [0.2, 0.25) is 0 Å². The van der Waals surface area contributed by atoms with Crippen LogP contribution in [0.2, 0.25) is 0 Å². The van der Waals surface area contributed by atoms with Gasteiger partial charge in [0, 0.05) is 34.2 Å². The Morgan fingerprint density at radius 3 is 2.27 bits per heavy atom. The van der Waals surface area contributed by atoms with Gasteiger partial charge in [-0.2, -0.15) is 13.2 Å². The number of aromatic nitrogens is 1. The van der Waals surface area contributed by atoms with E-state index in [-0.39, 0.29) is 11.1 Å². The van der Waals surface area contributed by atoms with Gasteiger partial charge in [0.05, 0.1) is 11.1 Å². The summed E-state index contributed by atoms with van der Waals surface area (Å²) in [4.78, 5) is 21.6. The van der Waals surface area contributed by atoms with Crippen molar-refractivity contribution in [1.29, 1.82) is 0 Å². The number of para-hydroxylation sites is 1. The summed E-state index contributed by atoms with van der Waals surface area (Å²) in [5, 5.41) is 1.10. The summed E-state index contributed by atoms with van der Waals surface area (Å²) in [6.45, 7) is 0.339. The average Bonchev–Trinajstić information content (AvgIpc) is 3.33. The molecule has 1 aliphatic heterocycles. The molecule has 2 heterocycles. The summed E-state index contributed by atoms with van der Waals surface area (Å²) in [5.41, 5.74) is 1.80. The molecule has 0 radical (unpaired) electrons. The number of hydrogen-bond acceptors (Lipinski definition) is 2. The van der Waals surface area contributed by atoms with E-state index in [1.807, 2.05) is 36.4 Å². The number of halogens is 4. The number of benzene rings is 3. The second kappa shape index (κ2) is 9.47. The van der Waals surface area contributed by atoms with Crippen LogP contribution < -0.4 is 0 Å². The van der Waals surface area contributed by atoms with Crippen LogP contribution in [0.3, 0.4) is 0 Å². The van der Waals surface area contributed by atoms with Crippen molar-refractivity contribution < 1.29 is 22.4 Å². The molecular formula is C32H31F4N3O. The third-order valence-corrected chi connectivity index (χ3v) is 9.17. The number of amides is 1. The average molecular weight is 550 g/mol. The highest BCUT2D eigenvalue weighted by atomic mass is 19.4. The van der Waals surface area contributed by atoms with Crippen molar-refractivity contribution in [2.45, 2.75) is 49.4 Å². The molecule has 6 rings (SSSR count). The van der Waals surface area contributed by atoms with E-state index in [1.165, 1.54) is 5.56 Å². The molecule has 1 spiro atoms. The van der Waals surface area contributed by atoms with E-state index < -0.39 is 29.0 Å². The predicted octanol–water partition coefficient (Wildman–Crippen LogP) is 7.25. The number of hydrogen-bond donors (Lipinski definition) is 1. The highest BCUT2D eigenvalue weighted by molar-refractivity contribution is 5.96. The number of alkyl halides is 3. The monoisotopic (exact) mass is 549 g/mol. The summed E-state index contributed by atoms with van der Waals surface area (Å²) in [5.74, 6) is -1.65. The molecule has 1 amide bonds. The highest BCUT2D eigenvalue weighted by Gasteiger charge is 2.53. The molecule has 2 aliphatic rings. The summed E-state index contributed by atoms with van der Waals surface area (Å²) in [7, 11) is 4.13. The fourth-order valence-corrected chi connectivity index (χ4v) is 7.10. The zero-order valence-electron chi connectivity index (χ0n) is 22.5. The molecule has 40 heavy (non-hydrogen) atoms. The van der Waals surface area contributed by atoms with Crippen molar-refractivity contribution in [2.75, 3.05) is 20.6 Å². The second-order valence-electron chi connectivity index (χ2n) is 11.3. The summed E-state index contributed by atoms with van der Waals surface area (Å²) in [6, 6.07) is 20.4. The van der Waals surface area contributed by atoms with E-state index in [1.54, 1.807) is 4.90 Å². The molecule has 3 aromatic carbocycles. The van der Waals surface area contributed by atoms with Gasteiger partial charge >= 0.3 is 6.18 Å². The van der Waals surface area contributed by atoms with Gasteiger partial charge in [-0.1, -0.05) is 48.5 Å². The minimum absolute atomic E-state index is 0.257. The molecule has 8 heteroatoms. The molecule has 0 bridgehead atoms. The first-order valence-electron chi connectivity index (χ1n) is 13.6. The Hall–Kier alpha value is -3.65. The van der Waals surface area contributed by atoms with Crippen LogP contribution in [-0.4, -0.2) is 41.3 Å². The van der Waals surface area contributed by atoms with E-state index in [2.05, 4.69) is 42.2 Å². The van der Waals surface area contributed by atoms with Crippen molar-refractivity contribution in [3.05, 3.63) is 107 Å². The van der Waals surface area contributed by atoms with E-state index in [0.29, 0.717) is 31.9 Å². The maximum absolute atomic E-state index is 14.4. The van der Waals surface area contributed by atoms with Crippen LogP contribution >= 0.6 is 0 Å². The maximum Gasteiger partial charge on any atom is 0.416 e. The highest BCUT2D eigenvalue weighted by Crippen LogP contribution is 2.54. The number of carbonyl (C=O) groups is 1. The molecule has 0 saturated heterocycles. The molecule has 0 unspecified atom stereocenters. The van der Waals surface area contributed by atoms with Gasteiger partial charge in [0.25, 0.3) is 5.91 Å². The minimum atomic E-state index is -4.76. The zero-order valence-corrected chi connectivity index (χ0v) is 22.5. The van der Waals surface area contributed by atoms with Crippen LogP contribution in [0.25, 0.3) is 10.9 Å². The van der Waals surface area contributed by atoms with Gasteiger partial charge in [-0.25, -0.2) is 4.39 Å². The van der Waals surface area contributed by atoms with Crippen molar-refractivity contribution >= 4 is 16.8 Å². The van der Waals surface area contributed by atoms with E-state index in [9.17, 15) is 22.4 Å². The quantitative estimate of drug-likeness (QED) is 0.274. The van der Waals surface area contributed by atoms with Gasteiger partial charge in [-0.15, -0.1) is 0 Å². The lowest BCUT2D eigenvalue weighted by Crippen LogP contribution is -2.58. The Kier molecular flexibility index (Phi) is 6.29. The van der Waals surface area contributed by atoms with Crippen LogP contribution in [0.15, 0.2) is 72.8 Å². The lowest BCUT2D eigenvalue weighted by Gasteiger charge is -2.55. The third-order valence-electron chi connectivity index (χ3n) is 9.17. The normalized spacial score (nSPS) is 23.1.